The Hall–Kier alpha value is -1.62. The van der Waals surface area contributed by atoms with E-state index in [1.54, 1.807) is 19.2 Å². The molecule has 140 valence electrons. The zero-order chi connectivity index (χ0) is 18.0. The molecule has 0 aliphatic carbocycles. The number of nitrogens with zero attached hydrogens (tertiary/aromatic N) is 1. The summed E-state index contributed by atoms with van der Waals surface area (Å²) < 4.78 is 18.9. The Balaban J connectivity index is 1.94. The number of hydrogen-bond acceptors (Lipinski definition) is 2. The Morgan fingerprint density at radius 1 is 1.12 bits per heavy atom. The SMILES string of the molecule is CCCCCCNC(=NC)NCC1(c2ccc(F)cc2)CCOCC1. The minimum atomic E-state index is -0.191. The average Bonchev–Trinajstić information content (AvgIpc) is 2.65. The number of nitrogens with one attached hydrogen (secondary N) is 2. The first-order valence-corrected chi connectivity index (χ1v) is 9.48. The molecular weight excluding hydrogens is 317 g/mol. The molecule has 0 amide bonds. The van der Waals surface area contributed by atoms with Gasteiger partial charge in [0.05, 0.1) is 0 Å². The molecule has 0 aromatic heterocycles. The van der Waals surface area contributed by atoms with Gasteiger partial charge in [-0.3, -0.25) is 4.99 Å². The number of halogens is 1. The molecule has 1 fully saturated rings. The lowest BCUT2D eigenvalue weighted by Crippen LogP contribution is -2.48. The van der Waals surface area contributed by atoms with Crippen molar-refractivity contribution in [2.24, 2.45) is 4.99 Å². The Morgan fingerprint density at radius 2 is 1.84 bits per heavy atom. The smallest absolute Gasteiger partial charge is 0.191 e. The van der Waals surface area contributed by atoms with Crippen molar-refractivity contribution in [3.63, 3.8) is 0 Å². The van der Waals surface area contributed by atoms with Crippen molar-refractivity contribution in [2.45, 2.75) is 50.9 Å². The molecular formula is C20H32FN3O. The Morgan fingerprint density at radius 3 is 2.48 bits per heavy atom. The van der Waals surface area contributed by atoms with Gasteiger partial charge in [0.15, 0.2) is 5.96 Å². The van der Waals surface area contributed by atoms with Crippen LogP contribution in [-0.4, -0.2) is 39.3 Å². The van der Waals surface area contributed by atoms with Gasteiger partial charge in [0.25, 0.3) is 0 Å². The summed E-state index contributed by atoms with van der Waals surface area (Å²) in [6.07, 6.45) is 6.79. The van der Waals surface area contributed by atoms with Crippen LogP contribution in [0.5, 0.6) is 0 Å². The van der Waals surface area contributed by atoms with Gasteiger partial charge in [0.2, 0.25) is 0 Å². The maximum Gasteiger partial charge on any atom is 0.191 e. The summed E-state index contributed by atoms with van der Waals surface area (Å²) in [6.45, 7) is 5.41. The van der Waals surface area contributed by atoms with Crippen LogP contribution in [0.4, 0.5) is 4.39 Å². The van der Waals surface area contributed by atoms with E-state index in [9.17, 15) is 4.39 Å². The quantitative estimate of drug-likeness (QED) is 0.428. The fraction of sp³-hybridized carbons (Fsp3) is 0.650. The minimum Gasteiger partial charge on any atom is -0.381 e. The Kier molecular flexibility index (Phi) is 8.19. The third-order valence-corrected chi connectivity index (χ3v) is 5.05. The normalized spacial score (nSPS) is 17.3. The Labute approximate surface area is 151 Å². The molecule has 1 aromatic rings. The molecule has 25 heavy (non-hydrogen) atoms. The van der Waals surface area contributed by atoms with Crippen molar-refractivity contribution < 1.29 is 9.13 Å². The second-order valence-electron chi connectivity index (χ2n) is 6.81. The number of unbranched alkanes of at least 4 members (excludes halogenated alkanes) is 3. The molecule has 2 N–H and O–H groups in total. The van der Waals surface area contributed by atoms with E-state index in [0.29, 0.717) is 0 Å². The highest BCUT2D eigenvalue weighted by atomic mass is 19.1. The molecule has 0 radical (unpaired) electrons. The van der Waals surface area contributed by atoms with Crippen LogP contribution in [0.15, 0.2) is 29.3 Å². The van der Waals surface area contributed by atoms with Crippen LogP contribution in [-0.2, 0) is 10.2 Å². The molecule has 5 heteroatoms. The lowest BCUT2D eigenvalue weighted by atomic mass is 9.74. The lowest BCUT2D eigenvalue weighted by molar-refractivity contribution is 0.0513. The molecule has 1 heterocycles. The number of ether oxygens (including phenoxy) is 1. The first-order valence-electron chi connectivity index (χ1n) is 9.48. The summed E-state index contributed by atoms with van der Waals surface area (Å²) in [4.78, 5) is 4.33. The third-order valence-electron chi connectivity index (χ3n) is 5.05. The molecule has 1 saturated heterocycles. The molecule has 4 nitrogen and oxygen atoms in total. The average molecular weight is 349 g/mol. The van der Waals surface area contributed by atoms with E-state index < -0.39 is 0 Å². The van der Waals surface area contributed by atoms with Crippen molar-refractivity contribution in [1.82, 2.24) is 10.6 Å². The van der Waals surface area contributed by atoms with Gasteiger partial charge in [-0.25, -0.2) is 4.39 Å². The van der Waals surface area contributed by atoms with E-state index in [1.165, 1.54) is 24.8 Å². The molecule has 0 saturated carbocycles. The third kappa shape index (κ3) is 5.99. The van der Waals surface area contributed by atoms with Crippen LogP contribution in [0.2, 0.25) is 0 Å². The predicted molar refractivity (Wildman–Crippen MR) is 102 cm³/mol. The van der Waals surface area contributed by atoms with Crippen LogP contribution >= 0.6 is 0 Å². The summed E-state index contributed by atoms with van der Waals surface area (Å²) >= 11 is 0. The second kappa shape index (κ2) is 10.4. The van der Waals surface area contributed by atoms with E-state index in [-0.39, 0.29) is 11.2 Å². The summed E-state index contributed by atoms with van der Waals surface area (Å²) in [7, 11) is 1.80. The maximum atomic E-state index is 13.3. The summed E-state index contributed by atoms with van der Waals surface area (Å²) in [5.41, 5.74) is 1.13. The molecule has 0 unspecified atom stereocenters. The van der Waals surface area contributed by atoms with Gasteiger partial charge in [-0.2, -0.15) is 0 Å². The molecule has 1 aliphatic heterocycles. The van der Waals surface area contributed by atoms with Crippen molar-refractivity contribution in [2.75, 3.05) is 33.4 Å². The number of hydrogen-bond donors (Lipinski definition) is 2. The van der Waals surface area contributed by atoms with Crippen LogP contribution in [0.25, 0.3) is 0 Å². The summed E-state index contributed by atoms with van der Waals surface area (Å²) in [5.74, 6) is 0.646. The van der Waals surface area contributed by atoms with Gasteiger partial charge in [-0.05, 0) is 37.0 Å². The highest BCUT2D eigenvalue weighted by Gasteiger charge is 2.34. The largest absolute Gasteiger partial charge is 0.381 e. The van der Waals surface area contributed by atoms with Crippen LogP contribution in [0, 0.1) is 5.82 Å². The first kappa shape index (κ1) is 19.7. The van der Waals surface area contributed by atoms with Crippen molar-refractivity contribution in [3.05, 3.63) is 35.6 Å². The van der Waals surface area contributed by atoms with E-state index in [0.717, 1.165) is 51.5 Å². The zero-order valence-electron chi connectivity index (χ0n) is 15.6. The highest BCUT2D eigenvalue weighted by Crippen LogP contribution is 2.34. The molecule has 1 aromatic carbocycles. The Bertz CT molecular complexity index is 524. The van der Waals surface area contributed by atoms with Crippen molar-refractivity contribution in [3.8, 4) is 0 Å². The zero-order valence-corrected chi connectivity index (χ0v) is 15.6. The van der Waals surface area contributed by atoms with E-state index >= 15 is 0 Å². The molecule has 2 rings (SSSR count). The summed E-state index contributed by atoms with van der Waals surface area (Å²) in [5, 5.41) is 6.87. The lowest BCUT2D eigenvalue weighted by Gasteiger charge is -2.38. The monoisotopic (exact) mass is 349 g/mol. The topological polar surface area (TPSA) is 45.7 Å². The van der Waals surface area contributed by atoms with Gasteiger partial charge < -0.3 is 15.4 Å². The first-order chi connectivity index (χ1) is 12.2. The van der Waals surface area contributed by atoms with E-state index in [1.807, 2.05) is 12.1 Å². The van der Waals surface area contributed by atoms with Crippen LogP contribution in [0.3, 0.4) is 0 Å². The number of benzene rings is 1. The van der Waals surface area contributed by atoms with Crippen molar-refractivity contribution >= 4 is 5.96 Å². The minimum absolute atomic E-state index is 0.0359. The van der Waals surface area contributed by atoms with E-state index in [2.05, 4.69) is 22.5 Å². The van der Waals surface area contributed by atoms with Gasteiger partial charge in [0, 0.05) is 38.8 Å². The molecule has 0 atom stereocenters. The van der Waals surface area contributed by atoms with Crippen molar-refractivity contribution in [1.29, 1.82) is 0 Å². The summed E-state index contributed by atoms with van der Waals surface area (Å²) in [6, 6.07) is 6.91. The molecule has 0 bridgehead atoms. The standard InChI is InChI=1S/C20H32FN3O/c1-3-4-5-6-13-23-19(22-2)24-16-20(11-14-25-15-12-20)17-7-9-18(21)10-8-17/h7-10H,3-6,11-16H2,1-2H3,(H2,22,23,24). The highest BCUT2D eigenvalue weighted by molar-refractivity contribution is 5.79. The van der Waals surface area contributed by atoms with Gasteiger partial charge in [-0.15, -0.1) is 0 Å². The number of rotatable bonds is 8. The van der Waals surface area contributed by atoms with Gasteiger partial charge in [0.1, 0.15) is 5.82 Å². The van der Waals surface area contributed by atoms with Gasteiger partial charge >= 0.3 is 0 Å². The second-order valence-corrected chi connectivity index (χ2v) is 6.81. The number of guanidine groups is 1. The van der Waals surface area contributed by atoms with E-state index in [4.69, 9.17) is 4.74 Å². The van der Waals surface area contributed by atoms with Crippen LogP contribution in [0.1, 0.15) is 51.0 Å². The maximum absolute atomic E-state index is 13.3. The number of aliphatic imine (C=N–C) groups is 1. The molecule has 0 spiro atoms. The van der Waals surface area contributed by atoms with Gasteiger partial charge in [-0.1, -0.05) is 38.3 Å². The van der Waals surface area contributed by atoms with Crippen LogP contribution < -0.4 is 10.6 Å². The fourth-order valence-corrected chi connectivity index (χ4v) is 3.37. The fourth-order valence-electron chi connectivity index (χ4n) is 3.37. The molecule has 1 aliphatic rings. The predicted octanol–water partition coefficient (Wildman–Crippen LogP) is 3.62.